The van der Waals surface area contributed by atoms with E-state index in [9.17, 15) is 9.59 Å². The molecule has 3 rings (SSSR count). The minimum absolute atomic E-state index is 0.0382. The number of carbonyl (C=O) groups is 2. The second kappa shape index (κ2) is 7.31. The Morgan fingerprint density at radius 3 is 2.32 bits per heavy atom. The molecule has 130 valence electrons. The van der Waals surface area contributed by atoms with Crippen LogP contribution in [0.1, 0.15) is 43.2 Å². The van der Waals surface area contributed by atoms with Gasteiger partial charge in [-0.15, -0.1) is 11.8 Å². The summed E-state index contributed by atoms with van der Waals surface area (Å²) >= 11 is 1.63. The summed E-state index contributed by atoms with van der Waals surface area (Å²) in [5.74, 6) is 0.974. The van der Waals surface area contributed by atoms with Crippen LogP contribution in [0.15, 0.2) is 48.5 Å². The second-order valence-corrected chi connectivity index (χ2v) is 7.55. The van der Waals surface area contributed by atoms with E-state index in [0.29, 0.717) is 11.7 Å². The van der Waals surface area contributed by atoms with Crippen molar-refractivity contribution >= 4 is 35.0 Å². The quantitative estimate of drug-likeness (QED) is 0.876. The Labute approximate surface area is 152 Å². The molecule has 0 radical (unpaired) electrons. The average Bonchev–Trinajstić information content (AvgIpc) is 2.96. The molecule has 1 aliphatic rings. The molecule has 0 aliphatic carbocycles. The van der Waals surface area contributed by atoms with Gasteiger partial charge in [-0.25, -0.2) is 0 Å². The monoisotopic (exact) mass is 354 g/mol. The molecule has 1 heterocycles. The van der Waals surface area contributed by atoms with E-state index in [2.05, 4.69) is 31.3 Å². The van der Waals surface area contributed by atoms with E-state index in [1.807, 2.05) is 41.3 Å². The van der Waals surface area contributed by atoms with Gasteiger partial charge in [-0.1, -0.05) is 38.1 Å². The first-order valence-electron chi connectivity index (χ1n) is 8.37. The van der Waals surface area contributed by atoms with Crippen LogP contribution >= 0.6 is 11.8 Å². The number of hydrogen-bond acceptors (Lipinski definition) is 3. The van der Waals surface area contributed by atoms with Crippen molar-refractivity contribution in [2.24, 2.45) is 0 Å². The molecule has 0 spiro atoms. The van der Waals surface area contributed by atoms with Crippen LogP contribution in [-0.2, 0) is 9.59 Å². The predicted molar refractivity (Wildman–Crippen MR) is 104 cm³/mol. The fourth-order valence-electron chi connectivity index (χ4n) is 2.90. The number of nitrogens with zero attached hydrogens (tertiary/aromatic N) is 1. The molecule has 0 saturated carbocycles. The Morgan fingerprint density at radius 2 is 1.76 bits per heavy atom. The summed E-state index contributed by atoms with van der Waals surface area (Å²) in [5, 5.41) is 2.73. The number of amides is 2. The fraction of sp³-hybridized carbons (Fsp3) is 0.300. The Morgan fingerprint density at radius 1 is 1.12 bits per heavy atom. The summed E-state index contributed by atoms with van der Waals surface area (Å²) in [6.07, 6.45) is 0. The van der Waals surface area contributed by atoms with Crippen molar-refractivity contribution in [1.82, 2.24) is 0 Å². The van der Waals surface area contributed by atoms with E-state index < -0.39 is 0 Å². The number of hydrogen-bond donors (Lipinski definition) is 1. The van der Waals surface area contributed by atoms with E-state index in [1.54, 1.807) is 11.8 Å². The molecule has 1 saturated heterocycles. The molecule has 0 unspecified atom stereocenters. The standard InChI is InChI=1S/C20H22N2O2S/c1-13(2)15-6-10-18(11-7-15)22-19(24)12-25-20(22)16-4-8-17(9-5-16)21-14(3)23/h4-11,13,20H,12H2,1-3H3,(H,21,23)/t20-/m1/s1. The van der Waals surface area contributed by atoms with Gasteiger partial charge in [-0.3, -0.25) is 14.5 Å². The van der Waals surface area contributed by atoms with Crippen LogP contribution in [0, 0.1) is 0 Å². The van der Waals surface area contributed by atoms with Gasteiger partial charge in [-0.05, 0) is 41.3 Å². The van der Waals surface area contributed by atoms with Crippen LogP contribution in [0.3, 0.4) is 0 Å². The van der Waals surface area contributed by atoms with Crippen LogP contribution in [0.4, 0.5) is 11.4 Å². The van der Waals surface area contributed by atoms with E-state index in [0.717, 1.165) is 16.9 Å². The van der Waals surface area contributed by atoms with Crippen molar-refractivity contribution in [2.75, 3.05) is 16.0 Å². The topological polar surface area (TPSA) is 49.4 Å². The lowest BCUT2D eigenvalue weighted by atomic mass is 10.0. The zero-order chi connectivity index (χ0) is 18.0. The number of carbonyl (C=O) groups excluding carboxylic acids is 2. The Balaban J connectivity index is 1.85. The molecule has 25 heavy (non-hydrogen) atoms. The van der Waals surface area contributed by atoms with Crippen LogP contribution in [-0.4, -0.2) is 17.6 Å². The molecule has 1 atom stereocenters. The Hall–Kier alpha value is -2.27. The van der Waals surface area contributed by atoms with Crippen molar-refractivity contribution in [2.45, 2.75) is 32.1 Å². The van der Waals surface area contributed by atoms with Gasteiger partial charge >= 0.3 is 0 Å². The molecule has 2 aromatic carbocycles. The molecule has 1 N–H and O–H groups in total. The third kappa shape index (κ3) is 3.87. The van der Waals surface area contributed by atoms with Crippen molar-refractivity contribution in [3.8, 4) is 0 Å². The molecule has 0 bridgehead atoms. The maximum atomic E-state index is 12.4. The SMILES string of the molecule is CC(=O)Nc1ccc([C@H]2SCC(=O)N2c2ccc(C(C)C)cc2)cc1. The predicted octanol–water partition coefficient (Wildman–Crippen LogP) is 4.55. The first kappa shape index (κ1) is 17.5. The van der Waals surface area contributed by atoms with Gasteiger partial charge in [0, 0.05) is 18.3 Å². The Bertz CT molecular complexity index is 769. The third-order valence-electron chi connectivity index (χ3n) is 4.22. The average molecular weight is 354 g/mol. The van der Waals surface area contributed by atoms with Crippen molar-refractivity contribution in [1.29, 1.82) is 0 Å². The van der Waals surface area contributed by atoms with Gasteiger partial charge in [-0.2, -0.15) is 0 Å². The lowest BCUT2D eigenvalue weighted by Crippen LogP contribution is -2.27. The van der Waals surface area contributed by atoms with E-state index in [4.69, 9.17) is 0 Å². The largest absolute Gasteiger partial charge is 0.326 e. The number of anilines is 2. The zero-order valence-electron chi connectivity index (χ0n) is 14.7. The normalized spacial score (nSPS) is 17.2. The molecule has 2 amide bonds. The van der Waals surface area contributed by atoms with Crippen molar-refractivity contribution in [3.63, 3.8) is 0 Å². The second-order valence-electron chi connectivity index (χ2n) is 6.48. The lowest BCUT2D eigenvalue weighted by Gasteiger charge is -2.25. The summed E-state index contributed by atoms with van der Waals surface area (Å²) < 4.78 is 0. The highest BCUT2D eigenvalue weighted by atomic mass is 32.2. The van der Waals surface area contributed by atoms with Crippen LogP contribution < -0.4 is 10.2 Å². The first-order chi connectivity index (χ1) is 12.0. The maximum Gasteiger partial charge on any atom is 0.238 e. The van der Waals surface area contributed by atoms with Gasteiger partial charge in [0.2, 0.25) is 11.8 Å². The van der Waals surface area contributed by atoms with E-state index in [-0.39, 0.29) is 17.2 Å². The minimum Gasteiger partial charge on any atom is -0.326 e. The van der Waals surface area contributed by atoms with Crippen molar-refractivity contribution < 1.29 is 9.59 Å². The molecular formula is C20H22N2O2S. The molecule has 0 aromatic heterocycles. The van der Waals surface area contributed by atoms with Gasteiger partial charge in [0.25, 0.3) is 0 Å². The number of benzene rings is 2. The van der Waals surface area contributed by atoms with Gasteiger partial charge in [0.15, 0.2) is 0 Å². The highest BCUT2D eigenvalue weighted by molar-refractivity contribution is 8.00. The smallest absolute Gasteiger partial charge is 0.238 e. The summed E-state index contributed by atoms with van der Waals surface area (Å²) in [4.78, 5) is 25.4. The first-order valence-corrected chi connectivity index (χ1v) is 9.42. The van der Waals surface area contributed by atoms with Gasteiger partial charge in [0.1, 0.15) is 5.37 Å². The Kier molecular flexibility index (Phi) is 5.13. The zero-order valence-corrected chi connectivity index (χ0v) is 15.5. The van der Waals surface area contributed by atoms with Crippen LogP contribution in [0.2, 0.25) is 0 Å². The molecule has 2 aromatic rings. The molecule has 1 fully saturated rings. The summed E-state index contributed by atoms with van der Waals surface area (Å²) in [6, 6.07) is 15.9. The van der Waals surface area contributed by atoms with E-state index >= 15 is 0 Å². The molecule has 5 heteroatoms. The number of thioether (sulfide) groups is 1. The molecule has 4 nitrogen and oxygen atoms in total. The van der Waals surface area contributed by atoms with Crippen LogP contribution in [0.25, 0.3) is 0 Å². The summed E-state index contributed by atoms with van der Waals surface area (Å²) in [6.45, 7) is 5.80. The van der Waals surface area contributed by atoms with Crippen LogP contribution in [0.5, 0.6) is 0 Å². The molecule has 1 aliphatic heterocycles. The number of rotatable bonds is 4. The summed E-state index contributed by atoms with van der Waals surface area (Å²) in [7, 11) is 0. The lowest BCUT2D eigenvalue weighted by molar-refractivity contribution is -0.116. The maximum absolute atomic E-state index is 12.4. The van der Waals surface area contributed by atoms with Gasteiger partial charge < -0.3 is 5.32 Å². The highest BCUT2D eigenvalue weighted by Crippen LogP contribution is 2.42. The van der Waals surface area contributed by atoms with E-state index in [1.165, 1.54) is 12.5 Å². The highest BCUT2D eigenvalue weighted by Gasteiger charge is 2.33. The third-order valence-corrected chi connectivity index (χ3v) is 5.43. The van der Waals surface area contributed by atoms with Gasteiger partial charge in [0.05, 0.1) is 5.75 Å². The fourth-order valence-corrected chi connectivity index (χ4v) is 4.08. The van der Waals surface area contributed by atoms with Crippen molar-refractivity contribution in [3.05, 3.63) is 59.7 Å². The number of nitrogens with one attached hydrogen (secondary N) is 1. The summed E-state index contributed by atoms with van der Waals surface area (Å²) in [5.41, 5.74) is 4.01. The minimum atomic E-state index is -0.0926. The molecular weight excluding hydrogens is 332 g/mol.